The fourth-order valence-electron chi connectivity index (χ4n) is 4.18. The van der Waals surface area contributed by atoms with Gasteiger partial charge in [-0.25, -0.2) is 4.79 Å². The second-order valence-electron chi connectivity index (χ2n) is 7.91. The number of hydrogen-bond donors (Lipinski definition) is 0. The number of likely N-dealkylation sites (tertiary alicyclic amines) is 1. The summed E-state index contributed by atoms with van der Waals surface area (Å²) in [5.74, 6) is 1.54. The van der Waals surface area contributed by atoms with E-state index in [-0.39, 0.29) is 18.7 Å². The van der Waals surface area contributed by atoms with Gasteiger partial charge in [0.2, 0.25) is 6.79 Å². The number of piperazine rings is 1. The molecule has 3 aliphatic rings. The number of ether oxygens (including phenoxy) is 2. The van der Waals surface area contributed by atoms with Crippen molar-refractivity contribution in [3.8, 4) is 11.5 Å². The molecule has 0 bridgehead atoms. The molecule has 5 rings (SSSR count). The van der Waals surface area contributed by atoms with Crippen LogP contribution in [0.3, 0.4) is 0 Å². The molecule has 9 nitrogen and oxygen atoms in total. The summed E-state index contributed by atoms with van der Waals surface area (Å²) in [5.41, 5.74) is 1.64. The Morgan fingerprint density at radius 1 is 0.938 bits per heavy atom. The zero-order chi connectivity index (χ0) is 22.5. The molecule has 0 saturated carbocycles. The zero-order valence-corrected chi connectivity index (χ0v) is 18.8. The molecule has 0 unspecified atom stereocenters. The summed E-state index contributed by atoms with van der Waals surface area (Å²) in [6.45, 7) is 9.44. The van der Waals surface area contributed by atoms with Gasteiger partial charge in [0.1, 0.15) is 0 Å². The molecule has 2 fully saturated rings. The van der Waals surface area contributed by atoms with Gasteiger partial charge in [-0.3, -0.25) is 9.69 Å². The number of benzene rings is 1. The largest absolute Gasteiger partial charge is 0.454 e. The van der Waals surface area contributed by atoms with Gasteiger partial charge in [-0.1, -0.05) is 19.9 Å². The number of aromatic nitrogens is 2. The molecule has 1 aromatic carbocycles. The lowest BCUT2D eigenvalue weighted by atomic mass is 10.1. The van der Waals surface area contributed by atoms with E-state index in [1.807, 2.05) is 36.9 Å². The summed E-state index contributed by atoms with van der Waals surface area (Å²) >= 11 is 0. The summed E-state index contributed by atoms with van der Waals surface area (Å²) in [4.78, 5) is 31.2. The van der Waals surface area contributed by atoms with Gasteiger partial charge in [0.25, 0.3) is 5.91 Å². The van der Waals surface area contributed by atoms with Crippen LogP contribution in [0.4, 0.5) is 4.79 Å². The molecule has 4 heterocycles. The van der Waals surface area contributed by atoms with Gasteiger partial charge >= 0.3 is 6.03 Å². The minimum Gasteiger partial charge on any atom is -0.454 e. The molecule has 172 valence electrons. The fraction of sp³-hybridized carbons (Fsp3) is 0.522. The number of fused-ring (bicyclic) bond motifs is 1. The third-order valence-electron chi connectivity index (χ3n) is 5.90. The minimum atomic E-state index is -0.182. The molecule has 2 aromatic rings. The first-order valence-electron chi connectivity index (χ1n) is 11.4. The Labute approximate surface area is 188 Å². The monoisotopic (exact) mass is 441 g/mol. The lowest BCUT2D eigenvalue weighted by Gasteiger charge is -2.34. The van der Waals surface area contributed by atoms with E-state index in [9.17, 15) is 9.59 Å². The highest BCUT2D eigenvalue weighted by atomic mass is 16.7. The number of nitrogens with zero attached hydrogens (tertiary/aromatic N) is 5. The highest BCUT2D eigenvalue weighted by Crippen LogP contribution is 2.32. The number of rotatable bonds is 3. The highest BCUT2D eigenvalue weighted by molar-refractivity contribution is 5.94. The predicted molar refractivity (Wildman–Crippen MR) is 119 cm³/mol. The van der Waals surface area contributed by atoms with Crippen LogP contribution in [0.5, 0.6) is 11.5 Å². The SMILES string of the molecule is CC.O=C(c1cnn(C(=O)N2CCN(Cc3ccc4c(c3)OCO4)CC2)c1)N1CCCC1. The van der Waals surface area contributed by atoms with Crippen LogP contribution < -0.4 is 9.47 Å². The normalized spacial score (nSPS) is 17.8. The van der Waals surface area contributed by atoms with Crippen molar-refractivity contribution in [1.29, 1.82) is 0 Å². The van der Waals surface area contributed by atoms with Gasteiger partial charge in [0.15, 0.2) is 11.5 Å². The zero-order valence-electron chi connectivity index (χ0n) is 18.8. The van der Waals surface area contributed by atoms with Gasteiger partial charge in [0, 0.05) is 52.0 Å². The smallest absolute Gasteiger partial charge is 0.344 e. The van der Waals surface area contributed by atoms with E-state index in [0.29, 0.717) is 18.7 Å². The summed E-state index contributed by atoms with van der Waals surface area (Å²) in [6, 6.07) is 5.82. The van der Waals surface area contributed by atoms with Gasteiger partial charge in [0.05, 0.1) is 11.8 Å². The Kier molecular flexibility index (Phi) is 6.94. The number of amides is 2. The van der Waals surface area contributed by atoms with Crippen LogP contribution in [0, 0.1) is 0 Å². The maximum absolute atomic E-state index is 12.8. The van der Waals surface area contributed by atoms with Gasteiger partial charge in [-0.2, -0.15) is 9.78 Å². The van der Waals surface area contributed by atoms with Gasteiger partial charge in [-0.15, -0.1) is 0 Å². The fourth-order valence-corrected chi connectivity index (χ4v) is 4.18. The summed E-state index contributed by atoms with van der Waals surface area (Å²) in [6.07, 6.45) is 5.13. The van der Waals surface area contributed by atoms with Gasteiger partial charge in [-0.05, 0) is 30.5 Å². The minimum absolute atomic E-state index is 0.0416. The van der Waals surface area contributed by atoms with Crippen LogP contribution in [0.2, 0.25) is 0 Å². The Bertz CT molecular complexity index is 946. The third-order valence-corrected chi connectivity index (χ3v) is 5.90. The molecule has 32 heavy (non-hydrogen) atoms. The van der Waals surface area contributed by atoms with E-state index in [0.717, 1.165) is 62.6 Å². The van der Waals surface area contributed by atoms with Crippen LogP contribution in [0.1, 0.15) is 42.6 Å². The lowest BCUT2D eigenvalue weighted by Crippen LogP contribution is -2.49. The van der Waals surface area contributed by atoms with Crippen molar-refractivity contribution in [2.24, 2.45) is 0 Å². The maximum Gasteiger partial charge on any atom is 0.344 e. The second kappa shape index (κ2) is 10.0. The number of carbonyl (C=O) groups excluding carboxylic acids is 2. The first-order valence-corrected chi connectivity index (χ1v) is 11.4. The van der Waals surface area contributed by atoms with Crippen LogP contribution in [-0.2, 0) is 6.54 Å². The van der Waals surface area contributed by atoms with Crippen LogP contribution in [-0.4, -0.2) is 82.5 Å². The van der Waals surface area contributed by atoms with Crippen LogP contribution >= 0.6 is 0 Å². The van der Waals surface area contributed by atoms with Crippen molar-refractivity contribution in [1.82, 2.24) is 24.5 Å². The average molecular weight is 442 g/mol. The van der Waals surface area contributed by atoms with Crippen molar-refractivity contribution >= 4 is 11.9 Å². The molecule has 2 saturated heterocycles. The molecule has 2 amide bonds. The van der Waals surface area contributed by atoms with Gasteiger partial charge < -0.3 is 19.3 Å². The van der Waals surface area contributed by atoms with Crippen molar-refractivity contribution < 1.29 is 19.1 Å². The van der Waals surface area contributed by atoms with Crippen molar-refractivity contribution in [3.05, 3.63) is 41.7 Å². The van der Waals surface area contributed by atoms with Crippen LogP contribution in [0.25, 0.3) is 0 Å². The van der Waals surface area contributed by atoms with E-state index in [1.165, 1.54) is 10.9 Å². The van der Waals surface area contributed by atoms with E-state index in [4.69, 9.17) is 9.47 Å². The Balaban J connectivity index is 0.00000119. The second-order valence-corrected chi connectivity index (χ2v) is 7.91. The molecule has 9 heteroatoms. The Hall–Kier alpha value is -3.07. The van der Waals surface area contributed by atoms with E-state index in [1.54, 1.807) is 11.1 Å². The third kappa shape index (κ3) is 4.72. The van der Waals surface area contributed by atoms with Crippen molar-refractivity contribution in [2.75, 3.05) is 46.1 Å². The summed E-state index contributed by atoms with van der Waals surface area (Å²) < 4.78 is 12.1. The van der Waals surface area contributed by atoms with E-state index in [2.05, 4.69) is 10.00 Å². The Morgan fingerprint density at radius 2 is 1.66 bits per heavy atom. The van der Waals surface area contributed by atoms with E-state index >= 15 is 0 Å². The first-order chi connectivity index (χ1) is 15.7. The van der Waals surface area contributed by atoms with Crippen molar-refractivity contribution in [2.45, 2.75) is 33.2 Å². The lowest BCUT2D eigenvalue weighted by molar-refractivity contribution is 0.0793. The molecular formula is C23H31N5O4. The maximum atomic E-state index is 12.8. The number of hydrogen-bond acceptors (Lipinski definition) is 6. The molecule has 1 aromatic heterocycles. The molecular weight excluding hydrogens is 410 g/mol. The number of carbonyl (C=O) groups is 2. The molecule has 0 N–H and O–H groups in total. The Morgan fingerprint density at radius 3 is 2.41 bits per heavy atom. The van der Waals surface area contributed by atoms with E-state index < -0.39 is 0 Å². The topological polar surface area (TPSA) is 80.1 Å². The molecule has 3 aliphatic heterocycles. The average Bonchev–Trinajstić information content (AvgIpc) is 3.61. The molecule has 0 radical (unpaired) electrons. The first kappa shape index (κ1) is 22.1. The highest BCUT2D eigenvalue weighted by Gasteiger charge is 2.26. The quantitative estimate of drug-likeness (QED) is 0.729. The predicted octanol–water partition coefficient (Wildman–Crippen LogP) is 2.66. The molecule has 0 aliphatic carbocycles. The summed E-state index contributed by atoms with van der Waals surface area (Å²) in [5, 5.41) is 4.14. The van der Waals surface area contributed by atoms with Crippen LogP contribution in [0.15, 0.2) is 30.6 Å². The standard InChI is InChI=1S/C21H25N5O4.C2H6/c27-20(24-5-1-2-6-24)17-12-22-26(14-17)21(28)25-9-7-23(8-10-25)13-16-3-4-18-19(11-16)30-15-29-18;1-2/h3-4,11-12,14H,1-2,5-10,13,15H2;1-2H3. The summed E-state index contributed by atoms with van der Waals surface area (Å²) in [7, 11) is 0. The van der Waals surface area contributed by atoms with Crippen molar-refractivity contribution in [3.63, 3.8) is 0 Å². The molecule has 0 spiro atoms. The molecule has 0 atom stereocenters.